The second kappa shape index (κ2) is 4.60. The van der Waals surface area contributed by atoms with E-state index in [1.807, 2.05) is 24.9 Å². The Hall–Kier alpha value is -1.42. The Labute approximate surface area is 114 Å². The number of fused-ring (bicyclic) bond motifs is 1. The maximum Gasteiger partial charge on any atom is 0.157 e. The van der Waals surface area contributed by atoms with Crippen molar-refractivity contribution in [3.63, 3.8) is 0 Å². The van der Waals surface area contributed by atoms with E-state index in [9.17, 15) is 0 Å². The highest BCUT2D eigenvalue weighted by Crippen LogP contribution is 2.39. The third-order valence-corrected chi connectivity index (χ3v) is 4.36. The van der Waals surface area contributed by atoms with Crippen LogP contribution in [0.4, 0.5) is 0 Å². The normalized spacial score (nSPS) is 17.6. The van der Waals surface area contributed by atoms with Gasteiger partial charge in [0.25, 0.3) is 0 Å². The average Bonchev–Trinajstić information content (AvgIpc) is 2.63. The van der Waals surface area contributed by atoms with Crippen LogP contribution in [-0.4, -0.2) is 21.3 Å². The van der Waals surface area contributed by atoms with Crippen molar-refractivity contribution in [1.29, 1.82) is 0 Å². The molecule has 2 aromatic heterocycles. The maximum absolute atomic E-state index is 4.51. The van der Waals surface area contributed by atoms with Crippen molar-refractivity contribution in [2.45, 2.75) is 39.7 Å². The van der Waals surface area contributed by atoms with E-state index in [4.69, 9.17) is 0 Å². The summed E-state index contributed by atoms with van der Waals surface area (Å²) < 4.78 is 1.84. The van der Waals surface area contributed by atoms with Gasteiger partial charge in [-0.15, -0.1) is 0 Å². The van der Waals surface area contributed by atoms with Crippen LogP contribution in [0.1, 0.15) is 37.4 Å². The molecule has 0 radical (unpaired) electrons. The van der Waals surface area contributed by atoms with E-state index < -0.39 is 0 Å². The molecular formula is C15H22N4. The lowest BCUT2D eigenvalue weighted by Crippen LogP contribution is -2.36. The third kappa shape index (κ3) is 2.37. The highest BCUT2D eigenvalue weighted by molar-refractivity contribution is 5.78. The molecule has 0 spiro atoms. The first-order valence-corrected chi connectivity index (χ1v) is 7.06. The molecule has 1 aliphatic rings. The van der Waals surface area contributed by atoms with Crippen LogP contribution in [0.15, 0.2) is 12.3 Å². The van der Waals surface area contributed by atoms with Gasteiger partial charge in [-0.1, -0.05) is 13.3 Å². The van der Waals surface area contributed by atoms with Crippen LogP contribution < -0.4 is 5.32 Å². The van der Waals surface area contributed by atoms with Gasteiger partial charge in [0, 0.05) is 31.7 Å². The number of aryl methyl sites for hydroxylation is 2. The van der Waals surface area contributed by atoms with Crippen molar-refractivity contribution in [3.8, 4) is 0 Å². The van der Waals surface area contributed by atoms with Gasteiger partial charge in [-0.25, -0.2) is 4.98 Å². The van der Waals surface area contributed by atoms with E-state index in [-0.39, 0.29) is 0 Å². The summed E-state index contributed by atoms with van der Waals surface area (Å²) in [6.45, 7) is 6.41. The van der Waals surface area contributed by atoms with Crippen LogP contribution in [-0.2, 0) is 13.6 Å². The van der Waals surface area contributed by atoms with Crippen molar-refractivity contribution in [3.05, 3.63) is 23.5 Å². The average molecular weight is 258 g/mol. The van der Waals surface area contributed by atoms with Crippen LogP contribution in [0.3, 0.4) is 0 Å². The summed E-state index contributed by atoms with van der Waals surface area (Å²) in [4.78, 5) is 4.51. The predicted octanol–water partition coefficient (Wildman–Crippen LogP) is 2.56. The lowest BCUT2D eigenvalue weighted by molar-refractivity contribution is 0.156. The minimum Gasteiger partial charge on any atom is -0.312 e. The van der Waals surface area contributed by atoms with Crippen molar-refractivity contribution >= 4 is 11.0 Å². The van der Waals surface area contributed by atoms with Gasteiger partial charge in [-0.3, -0.25) is 4.68 Å². The number of nitrogens with one attached hydrogen (secondary N) is 1. The van der Waals surface area contributed by atoms with Gasteiger partial charge in [0.05, 0.1) is 5.69 Å². The molecule has 1 aliphatic carbocycles. The zero-order valence-electron chi connectivity index (χ0n) is 12.0. The number of hydrogen-bond acceptors (Lipinski definition) is 3. The first-order chi connectivity index (χ1) is 9.07. The van der Waals surface area contributed by atoms with Gasteiger partial charge in [0.1, 0.15) is 0 Å². The molecule has 4 nitrogen and oxygen atoms in total. The maximum atomic E-state index is 4.51. The Morgan fingerprint density at radius 2 is 2.21 bits per heavy atom. The summed E-state index contributed by atoms with van der Waals surface area (Å²) in [6, 6.07) is 2.21. The SMILES string of the molecule is Cc1nn(C)c2ncc(CNCC3(C)CCC3)cc12. The Morgan fingerprint density at radius 1 is 1.42 bits per heavy atom. The highest BCUT2D eigenvalue weighted by Gasteiger charge is 2.30. The molecule has 0 bridgehead atoms. The summed E-state index contributed by atoms with van der Waals surface area (Å²) in [5.41, 5.74) is 3.79. The highest BCUT2D eigenvalue weighted by atomic mass is 15.3. The summed E-state index contributed by atoms with van der Waals surface area (Å²) in [5, 5.41) is 9.14. The molecule has 0 aromatic carbocycles. The molecule has 0 atom stereocenters. The quantitative estimate of drug-likeness (QED) is 0.916. The molecule has 102 valence electrons. The van der Waals surface area contributed by atoms with Gasteiger partial charge in [-0.05, 0) is 36.8 Å². The van der Waals surface area contributed by atoms with Gasteiger partial charge in [0.15, 0.2) is 5.65 Å². The molecule has 2 aromatic rings. The Morgan fingerprint density at radius 3 is 2.89 bits per heavy atom. The van der Waals surface area contributed by atoms with Crippen LogP contribution >= 0.6 is 0 Å². The summed E-state index contributed by atoms with van der Waals surface area (Å²) in [6.07, 6.45) is 6.07. The molecule has 0 unspecified atom stereocenters. The first kappa shape index (κ1) is 12.6. The third-order valence-electron chi connectivity index (χ3n) is 4.36. The predicted molar refractivity (Wildman–Crippen MR) is 76.9 cm³/mol. The molecule has 1 fully saturated rings. The molecule has 3 rings (SSSR count). The summed E-state index contributed by atoms with van der Waals surface area (Å²) >= 11 is 0. The number of rotatable bonds is 4. The molecule has 2 heterocycles. The summed E-state index contributed by atoms with van der Waals surface area (Å²) in [5.74, 6) is 0. The number of aromatic nitrogens is 3. The van der Waals surface area contributed by atoms with Gasteiger partial charge in [-0.2, -0.15) is 5.10 Å². The first-order valence-electron chi connectivity index (χ1n) is 7.06. The fraction of sp³-hybridized carbons (Fsp3) is 0.600. The largest absolute Gasteiger partial charge is 0.312 e. The van der Waals surface area contributed by atoms with E-state index >= 15 is 0 Å². The van der Waals surface area contributed by atoms with E-state index in [1.165, 1.54) is 24.8 Å². The number of nitrogens with zero attached hydrogens (tertiary/aromatic N) is 3. The molecule has 1 N–H and O–H groups in total. The van der Waals surface area contributed by atoms with E-state index in [0.29, 0.717) is 5.41 Å². The second-order valence-corrected chi connectivity index (χ2v) is 6.19. The zero-order valence-corrected chi connectivity index (χ0v) is 12.0. The summed E-state index contributed by atoms with van der Waals surface area (Å²) in [7, 11) is 1.94. The van der Waals surface area contributed by atoms with Crippen LogP contribution in [0, 0.1) is 12.3 Å². The topological polar surface area (TPSA) is 42.7 Å². The molecule has 4 heteroatoms. The van der Waals surface area contributed by atoms with Crippen LogP contribution in [0.5, 0.6) is 0 Å². The Balaban J connectivity index is 1.69. The molecule has 1 saturated carbocycles. The van der Waals surface area contributed by atoms with Gasteiger partial charge >= 0.3 is 0 Å². The Kier molecular flexibility index (Phi) is 3.05. The van der Waals surface area contributed by atoms with Crippen molar-refractivity contribution in [1.82, 2.24) is 20.1 Å². The second-order valence-electron chi connectivity index (χ2n) is 6.19. The van der Waals surface area contributed by atoms with E-state index in [2.05, 4.69) is 28.4 Å². The molecule has 0 amide bonds. The standard InChI is InChI=1S/C15H22N4/c1-11-13-7-12(9-17-14(13)19(3)18-11)8-16-10-15(2)5-4-6-15/h7,9,16H,4-6,8,10H2,1-3H3. The smallest absolute Gasteiger partial charge is 0.157 e. The van der Waals surface area contributed by atoms with Crippen molar-refractivity contribution in [2.24, 2.45) is 12.5 Å². The lowest BCUT2D eigenvalue weighted by atomic mass is 9.70. The minimum absolute atomic E-state index is 0.530. The Bertz CT molecular complexity index is 595. The van der Waals surface area contributed by atoms with Crippen molar-refractivity contribution in [2.75, 3.05) is 6.54 Å². The minimum atomic E-state index is 0.530. The molecular weight excluding hydrogens is 236 g/mol. The monoisotopic (exact) mass is 258 g/mol. The van der Waals surface area contributed by atoms with Crippen LogP contribution in [0.25, 0.3) is 11.0 Å². The van der Waals surface area contributed by atoms with Gasteiger partial charge < -0.3 is 5.32 Å². The molecule has 0 saturated heterocycles. The molecule has 19 heavy (non-hydrogen) atoms. The van der Waals surface area contributed by atoms with E-state index in [0.717, 1.165) is 29.8 Å². The van der Waals surface area contributed by atoms with Gasteiger partial charge in [0.2, 0.25) is 0 Å². The fourth-order valence-corrected chi connectivity index (χ4v) is 2.91. The fourth-order valence-electron chi connectivity index (χ4n) is 2.91. The zero-order chi connectivity index (χ0) is 13.5. The molecule has 0 aliphatic heterocycles. The van der Waals surface area contributed by atoms with Crippen LogP contribution in [0.2, 0.25) is 0 Å². The van der Waals surface area contributed by atoms with Crippen molar-refractivity contribution < 1.29 is 0 Å². The number of hydrogen-bond donors (Lipinski definition) is 1. The lowest BCUT2D eigenvalue weighted by Gasteiger charge is -2.38. The number of pyridine rings is 1. The van der Waals surface area contributed by atoms with E-state index in [1.54, 1.807) is 0 Å².